The van der Waals surface area contributed by atoms with E-state index in [2.05, 4.69) is 36.0 Å². The molecule has 0 aromatic heterocycles. The highest BCUT2D eigenvalue weighted by Crippen LogP contribution is 2.42. The predicted octanol–water partition coefficient (Wildman–Crippen LogP) is 1.17. The van der Waals surface area contributed by atoms with Crippen molar-refractivity contribution < 1.29 is 4.79 Å². The lowest BCUT2D eigenvalue weighted by Gasteiger charge is -2.31. The summed E-state index contributed by atoms with van der Waals surface area (Å²) in [5.41, 5.74) is -0.154. The molecular weight excluding hydrogens is 226 g/mol. The van der Waals surface area contributed by atoms with E-state index in [0.717, 1.165) is 31.8 Å². The van der Waals surface area contributed by atoms with Crippen molar-refractivity contribution >= 4 is 5.91 Å². The second kappa shape index (κ2) is 4.20. The Bertz CT molecular complexity index is 349. The van der Waals surface area contributed by atoms with Crippen LogP contribution in [0.2, 0.25) is 0 Å². The van der Waals surface area contributed by atoms with Crippen LogP contribution in [0.1, 0.15) is 46.0 Å². The molecule has 0 bridgehead atoms. The maximum atomic E-state index is 12.4. The summed E-state index contributed by atoms with van der Waals surface area (Å²) in [6.45, 7) is 5.28. The smallest absolute Gasteiger partial charge is 0.244 e. The number of carbonyl (C=O) groups is 1. The van der Waals surface area contributed by atoms with E-state index >= 15 is 0 Å². The van der Waals surface area contributed by atoms with E-state index in [4.69, 9.17) is 0 Å². The van der Waals surface area contributed by atoms with E-state index < -0.39 is 0 Å². The Morgan fingerprint density at radius 1 is 1.50 bits per heavy atom. The summed E-state index contributed by atoms with van der Waals surface area (Å²) >= 11 is 0. The van der Waals surface area contributed by atoms with Gasteiger partial charge < -0.3 is 4.90 Å². The fourth-order valence-corrected chi connectivity index (χ4v) is 3.15. The number of likely N-dealkylation sites (N-methyl/N-ethyl adjacent to an activating group) is 1. The minimum atomic E-state index is -0.154. The maximum absolute atomic E-state index is 12.4. The molecule has 18 heavy (non-hydrogen) atoms. The molecule has 1 heterocycles. The van der Waals surface area contributed by atoms with Crippen molar-refractivity contribution in [3.05, 3.63) is 0 Å². The molecule has 0 aromatic carbocycles. The normalized spacial score (nSPS) is 31.4. The Balaban J connectivity index is 1.64. The van der Waals surface area contributed by atoms with Crippen LogP contribution >= 0.6 is 0 Å². The molecular formula is C14H25N3O. The maximum Gasteiger partial charge on any atom is 0.244 e. The van der Waals surface area contributed by atoms with Gasteiger partial charge in [0.25, 0.3) is 0 Å². The number of hydrogen-bond donors (Lipinski definition) is 1. The zero-order valence-electron chi connectivity index (χ0n) is 11.8. The van der Waals surface area contributed by atoms with Crippen LogP contribution in [0.5, 0.6) is 0 Å². The number of carbonyl (C=O) groups excluding carboxylic acids is 1. The summed E-state index contributed by atoms with van der Waals surface area (Å²) in [6, 6.07) is 1.23. The molecule has 0 radical (unpaired) electrons. The summed E-state index contributed by atoms with van der Waals surface area (Å²) in [4.78, 5) is 17.0. The molecule has 4 nitrogen and oxygen atoms in total. The zero-order valence-corrected chi connectivity index (χ0v) is 11.8. The molecule has 3 rings (SSSR count). The van der Waals surface area contributed by atoms with E-state index in [0.29, 0.717) is 11.9 Å². The molecule has 2 unspecified atom stereocenters. The van der Waals surface area contributed by atoms with Crippen LogP contribution in [0.25, 0.3) is 0 Å². The largest absolute Gasteiger partial charge is 0.324 e. The highest BCUT2D eigenvalue weighted by Gasteiger charge is 2.58. The lowest BCUT2D eigenvalue weighted by molar-refractivity contribution is -0.131. The van der Waals surface area contributed by atoms with Gasteiger partial charge in [-0.05, 0) is 46.1 Å². The van der Waals surface area contributed by atoms with Crippen LogP contribution in [-0.4, -0.2) is 53.1 Å². The summed E-state index contributed by atoms with van der Waals surface area (Å²) < 4.78 is 0. The van der Waals surface area contributed by atoms with Crippen molar-refractivity contribution in [2.24, 2.45) is 0 Å². The third-order valence-electron chi connectivity index (χ3n) is 4.91. The Morgan fingerprint density at radius 2 is 2.17 bits per heavy atom. The minimum absolute atomic E-state index is 0.154. The monoisotopic (exact) mass is 251 g/mol. The molecule has 4 heteroatoms. The predicted molar refractivity (Wildman–Crippen MR) is 71.1 cm³/mol. The van der Waals surface area contributed by atoms with E-state index in [1.807, 2.05) is 0 Å². The van der Waals surface area contributed by atoms with E-state index in [1.165, 1.54) is 12.8 Å². The molecule has 3 fully saturated rings. The Labute approximate surface area is 110 Å². The second-order valence-electron chi connectivity index (χ2n) is 6.35. The molecule has 2 aliphatic carbocycles. The molecule has 1 spiro atoms. The summed E-state index contributed by atoms with van der Waals surface area (Å²) in [6.07, 6.45) is 5.99. The first-order valence-electron chi connectivity index (χ1n) is 7.38. The molecule has 2 saturated carbocycles. The van der Waals surface area contributed by atoms with Crippen LogP contribution in [-0.2, 0) is 4.79 Å². The van der Waals surface area contributed by atoms with Gasteiger partial charge in [0.05, 0.1) is 11.7 Å². The first-order valence-corrected chi connectivity index (χ1v) is 7.38. The standard InChI is InChI=1S/C14H25N3O/c1-4-12-15-14(7-8-14)13(18)17(12)9-10(2)16(3)11-5-6-11/h10-12,15H,4-9H2,1-3H3. The molecule has 102 valence electrons. The van der Waals surface area contributed by atoms with E-state index in [1.54, 1.807) is 0 Å². The Morgan fingerprint density at radius 3 is 2.67 bits per heavy atom. The molecule has 3 aliphatic rings. The minimum Gasteiger partial charge on any atom is -0.324 e. The zero-order chi connectivity index (χ0) is 12.9. The van der Waals surface area contributed by atoms with Crippen LogP contribution < -0.4 is 5.32 Å². The highest BCUT2D eigenvalue weighted by molar-refractivity contribution is 5.91. The van der Waals surface area contributed by atoms with Crippen LogP contribution in [0.15, 0.2) is 0 Å². The van der Waals surface area contributed by atoms with Gasteiger partial charge in [0.15, 0.2) is 0 Å². The van der Waals surface area contributed by atoms with Crippen molar-refractivity contribution in [1.82, 2.24) is 15.1 Å². The van der Waals surface area contributed by atoms with Gasteiger partial charge in [0.2, 0.25) is 5.91 Å². The fraction of sp³-hybridized carbons (Fsp3) is 0.929. The van der Waals surface area contributed by atoms with Gasteiger partial charge in [-0.2, -0.15) is 0 Å². The highest BCUT2D eigenvalue weighted by atomic mass is 16.2. The van der Waals surface area contributed by atoms with Gasteiger partial charge in [-0.1, -0.05) is 6.92 Å². The molecule has 1 amide bonds. The quantitative estimate of drug-likeness (QED) is 0.797. The third-order valence-corrected chi connectivity index (χ3v) is 4.91. The number of amides is 1. The number of hydrogen-bond acceptors (Lipinski definition) is 3. The van der Waals surface area contributed by atoms with Crippen molar-refractivity contribution in [1.29, 1.82) is 0 Å². The average Bonchev–Trinajstić information content (AvgIpc) is 3.24. The van der Waals surface area contributed by atoms with Gasteiger partial charge in [-0.3, -0.25) is 15.0 Å². The van der Waals surface area contributed by atoms with Crippen LogP contribution in [0, 0.1) is 0 Å². The van der Waals surface area contributed by atoms with Crippen LogP contribution in [0.3, 0.4) is 0 Å². The summed E-state index contributed by atoms with van der Waals surface area (Å²) in [5.74, 6) is 0.352. The summed E-state index contributed by atoms with van der Waals surface area (Å²) in [5, 5.41) is 3.54. The van der Waals surface area contributed by atoms with Gasteiger partial charge in [-0.15, -0.1) is 0 Å². The van der Waals surface area contributed by atoms with E-state index in [9.17, 15) is 4.79 Å². The lowest BCUT2D eigenvalue weighted by Crippen LogP contribution is -2.46. The number of rotatable bonds is 5. The van der Waals surface area contributed by atoms with Gasteiger partial charge >= 0.3 is 0 Å². The van der Waals surface area contributed by atoms with E-state index in [-0.39, 0.29) is 11.7 Å². The fourth-order valence-electron chi connectivity index (χ4n) is 3.15. The van der Waals surface area contributed by atoms with Crippen molar-refractivity contribution in [3.63, 3.8) is 0 Å². The molecule has 2 atom stereocenters. The topological polar surface area (TPSA) is 35.6 Å². The second-order valence-corrected chi connectivity index (χ2v) is 6.35. The number of nitrogens with one attached hydrogen (secondary N) is 1. The van der Waals surface area contributed by atoms with Gasteiger partial charge in [0, 0.05) is 18.6 Å². The van der Waals surface area contributed by atoms with Crippen molar-refractivity contribution in [3.8, 4) is 0 Å². The van der Waals surface area contributed by atoms with Crippen molar-refractivity contribution in [2.75, 3.05) is 13.6 Å². The lowest BCUT2D eigenvalue weighted by atomic mass is 10.2. The third kappa shape index (κ3) is 1.95. The molecule has 1 saturated heterocycles. The molecule has 0 aromatic rings. The number of nitrogens with zero attached hydrogens (tertiary/aromatic N) is 2. The van der Waals surface area contributed by atoms with Crippen molar-refractivity contribution in [2.45, 2.75) is 69.7 Å². The molecule has 1 aliphatic heterocycles. The Kier molecular flexibility index (Phi) is 2.90. The summed E-state index contributed by atoms with van der Waals surface area (Å²) in [7, 11) is 2.20. The van der Waals surface area contributed by atoms with Crippen LogP contribution in [0.4, 0.5) is 0 Å². The Hall–Kier alpha value is -0.610. The molecule has 1 N–H and O–H groups in total. The first kappa shape index (κ1) is 12.4. The van der Waals surface area contributed by atoms with Gasteiger partial charge in [-0.25, -0.2) is 0 Å². The average molecular weight is 251 g/mol. The first-order chi connectivity index (χ1) is 8.57. The van der Waals surface area contributed by atoms with Gasteiger partial charge in [0.1, 0.15) is 0 Å². The SMILES string of the molecule is CCC1NC2(CC2)C(=O)N1CC(C)N(C)C1CC1.